The van der Waals surface area contributed by atoms with E-state index in [1.54, 1.807) is 0 Å². The van der Waals surface area contributed by atoms with Crippen molar-refractivity contribution in [1.82, 2.24) is 4.57 Å². The highest BCUT2D eigenvalue weighted by Crippen LogP contribution is 2.29. The Morgan fingerprint density at radius 3 is 1.52 bits per heavy atom. The number of aliphatic hydroxyl groups excluding tert-OH is 1. The van der Waals surface area contributed by atoms with Crippen molar-refractivity contribution in [3.8, 4) is 0 Å². The van der Waals surface area contributed by atoms with Gasteiger partial charge in [0.15, 0.2) is 0 Å². The maximum Gasteiger partial charge on any atom is 0.0491 e. The molecule has 2 aromatic carbocycles. The van der Waals surface area contributed by atoms with Gasteiger partial charge < -0.3 is 9.67 Å². The predicted molar refractivity (Wildman–Crippen MR) is 108 cm³/mol. The van der Waals surface area contributed by atoms with Gasteiger partial charge in [0.05, 0.1) is 0 Å². The fourth-order valence-corrected chi connectivity index (χ4v) is 3.86. The van der Waals surface area contributed by atoms with Crippen LogP contribution in [-0.2, 0) is 6.54 Å². The van der Waals surface area contributed by atoms with E-state index in [0.29, 0.717) is 6.61 Å². The molecule has 0 spiro atoms. The summed E-state index contributed by atoms with van der Waals surface area (Å²) in [5.74, 6) is 0. The number of aliphatic hydroxyl groups is 1. The molecule has 0 saturated carbocycles. The number of para-hydroxylation sites is 2. The van der Waals surface area contributed by atoms with E-state index in [-0.39, 0.29) is 0 Å². The number of nitrogens with zero attached hydrogens (tertiary/aromatic N) is 1. The van der Waals surface area contributed by atoms with Crippen molar-refractivity contribution >= 4 is 21.8 Å². The summed E-state index contributed by atoms with van der Waals surface area (Å²) in [5.41, 5.74) is 2.74. The molecule has 134 valence electrons. The number of hydrogen-bond acceptors (Lipinski definition) is 1. The average molecular weight is 338 g/mol. The van der Waals surface area contributed by atoms with E-state index in [0.717, 1.165) is 13.0 Å². The molecule has 1 N–H and O–H groups in total. The molecule has 0 radical (unpaired) electrons. The van der Waals surface area contributed by atoms with Crippen LogP contribution in [0.3, 0.4) is 0 Å². The summed E-state index contributed by atoms with van der Waals surface area (Å²) in [6, 6.07) is 17.6. The molecule has 0 unspecified atom stereocenters. The largest absolute Gasteiger partial charge is 0.396 e. The van der Waals surface area contributed by atoms with E-state index in [1.807, 2.05) is 0 Å². The molecule has 0 amide bonds. The van der Waals surface area contributed by atoms with Gasteiger partial charge in [0.1, 0.15) is 0 Å². The third-order valence-electron chi connectivity index (χ3n) is 5.22. The fourth-order valence-electron chi connectivity index (χ4n) is 3.86. The summed E-state index contributed by atoms with van der Waals surface area (Å²) in [6.45, 7) is 1.47. The van der Waals surface area contributed by atoms with Crippen LogP contribution in [0.25, 0.3) is 21.8 Å². The predicted octanol–water partition coefficient (Wildman–Crippen LogP) is 6.30. The van der Waals surface area contributed by atoms with E-state index < -0.39 is 0 Å². The minimum Gasteiger partial charge on any atom is -0.396 e. The molecule has 1 heterocycles. The molecular formula is C23H31NO. The summed E-state index contributed by atoms with van der Waals surface area (Å²) in [5, 5.41) is 11.5. The van der Waals surface area contributed by atoms with E-state index in [9.17, 15) is 0 Å². The highest BCUT2D eigenvalue weighted by atomic mass is 16.2. The van der Waals surface area contributed by atoms with Gasteiger partial charge in [-0.2, -0.15) is 0 Å². The van der Waals surface area contributed by atoms with Gasteiger partial charge >= 0.3 is 0 Å². The van der Waals surface area contributed by atoms with Crippen LogP contribution in [0.1, 0.15) is 57.8 Å². The maximum atomic E-state index is 8.77. The lowest BCUT2D eigenvalue weighted by Gasteiger charge is -2.07. The van der Waals surface area contributed by atoms with Gasteiger partial charge in [0.25, 0.3) is 0 Å². The van der Waals surface area contributed by atoms with Crippen LogP contribution in [0, 0.1) is 0 Å². The van der Waals surface area contributed by atoms with Crippen molar-refractivity contribution in [3.05, 3.63) is 48.5 Å². The summed E-state index contributed by atoms with van der Waals surface area (Å²) < 4.78 is 2.50. The number of unbranched alkanes of at least 4 members (excludes halogenated alkanes) is 8. The number of benzene rings is 2. The van der Waals surface area contributed by atoms with Crippen molar-refractivity contribution < 1.29 is 5.11 Å². The second-order valence-corrected chi connectivity index (χ2v) is 7.09. The van der Waals surface area contributed by atoms with Crippen LogP contribution in [0.15, 0.2) is 48.5 Å². The molecule has 0 aliphatic carbocycles. The summed E-state index contributed by atoms with van der Waals surface area (Å²) in [6.07, 6.45) is 11.4. The first-order valence-corrected chi connectivity index (χ1v) is 9.98. The van der Waals surface area contributed by atoms with Crippen LogP contribution >= 0.6 is 0 Å². The standard InChI is InChI=1S/C23H31NO/c25-19-13-7-5-3-1-2-4-6-12-18-24-22-16-10-8-14-20(22)21-15-9-11-17-23(21)24/h8-11,14-17,25H,1-7,12-13,18-19H2. The smallest absolute Gasteiger partial charge is 0.0491 e. The van der Waals surface area contributed by atoms with Crippen LogP contribution in [0.5, 0.6) is 0 Å². The molecule has 3 aromatic rings. The molecule has 0 fully saturated rings. The lowest BCUT2D eigenvalue weighted by atomic mass is 10.1. The van der Waals surface area contributed by atoms with Gasteiger partial charge in [-0.3, -0.25) is 0 Å². The number of aromatic nitrogens is 1. The van der Waals surface area contributed by atoms with Crippen LogP contribution < -0.4 is 0 Å². The van der Waals surface area contributed by atoms with Gasteiger partial charge in [-0.25, -0.2) is 0 Å². The third-order valence-corrected chi connectivity index (χ3v) is 5.22. The first-order valence-electron chi connectivity index (χ1n) is 9.98. The van der Waals surface area contributed by atoms with E-state index in [1.165, 1.54) is 73.2 Å². The third kappa shape index (κ3) is 4.64. The Labute approximate surface area is 151 Å². The quantitative estimate of drug-likeness (QED) is 0.408. The monoisotopic (exact) mass is 337 g/mol. The van der Waals surface area contributed by atoms with Crippen LogP contribution in [-0.4, -0.2) is 16.3 Å². The number of fused-ring (bicyclic) bond motifs is 3. The summed E-state index contributed by atoms with van der Waals surface area (Å²) in [4.78, 5) is 0. The Bertz CT molecular complexity index is 721. The van der Waals surface area contributed by atoms with Crippen molar-refractivity contribution in [2.45, 2.75) is 64.3 Å². The average Bonchev–Trinajstić information content (AvgIpc) is 2.97. The zero-order chi connectivity index (χ0) is 17.3. The van der Waals surface area contributed by atoms with Gasteiger partial charge in [-0.05, 0) is 25.0 Å². The van der Waals surface area contributed by atoms with E-state index in [4.69, 9.17) is 5.11 Å². The highest BCUT2D eigenvalue weighted by Gasteiger charge is 2.08. The lowest BCUT2D eigenvalue weighted by molar-refractivity contribution is 0.282. The van der Waals surface area contributed by atoms with Crippen molar-refractivity contribution in [2.75, 3.05) is 6.61 Å². The minimum absolute atomic E-state index is 0.350. The van der Waals surface area contributed by atoms with Crippen molar-refractivity contribution in [3.63, 3.8) is 0 Å². The summed E-state index contributed by atoms with van der Waals surface area (Å²) >= 11 is 0. The van der Waals surface area contributed by atoms with Crippen LogP contribution in [0.2, 0.25) is 0 Å². The normalized spacial score (nSPS) is 11.6. The Morgan fingerprint density at radius 2 is 1.00 bits per heavy atom. The van der Waals surface area contributed by atoms with E-state index in [2.05, 4.69) is 53.1 Å². The van der Waals surface area contributed by atoms with Gasteiger partial charge in [0, 0.05) is 35.0 Å². The van der Waals surface area contributed by atoms with Gasteiger partial charge in [-0.15, -0.1) is 0 Å². The van der Waals surface area contributed by atoms with Crippen LogP contribution in [0.4, 0.5) is 0 Å². The molecule has 0 aliphatic rings. The maximum absolute atomic E-state index is 8.77. The minimum atomic E-state index is 0.350. The van der Waals surface area contributed by atoms with Gasteiger partial charge in [0.2, 0.25) is 0 Å². The Balaban J connectivity index is 1.47. The zero-order valence-corrected chi connectivity index (χ0v) is 15.3. The Kier molecular flexibility index (Phi) is 6.93. The lowest BCUT2D eigenvalue weighted by Crippen LogP contribution is -1.97. The second kappa shape index (κ2) is 9.62. The first kappa shape index (κ1) is 18.0. The molecule has 0 saturated heterocycles. The second-order valence-electron chi connectivity index (χ2n) is 7.09. The molecule has 2 nitrogen and oxygen atoms in total. The first-order chi connectivity index (χ1) is 12.4. The molecule has 0 aliphatic heterocycles. The van der Waals surface area contributed by atoms with Crippen molar-refractivity contribution in [1.29, 1.82) is 0 Å². The SMILES string of the molecule is OCCCCCCCCCCCn1c2ccccc2c2ccccc21. The molecule has 2 heteroatoms. The molecule has 0 atom stereocenters. The van der Waals surface area contributed by atoms with Gasteiger partial charge in [-0.1, -0.05) is 81.3 Å². The zero-order valence-electron chi connectivity index (χ0n) is 15.3. The highest BCUT2D eigenvalue weighted by molar-refractivity contribution is 6.07. The molecule has 1 aromatic heterocycles. The van der Waals surface area contributed by atoms with Crippen molar-refractivity contribution in [2.24, 2.45) is 0 Å². The molecular weight excluding hydrogens is 306 g/mol. The fraction of sp³-hybridized carbons (Fsp3) is 0.478. The Morgan fingerprint density at radius 1 is 0.560 bits per heavy atom. The molecule has 3 rings (SSSR count). The number of aryl methyl sites for hydroxylation is 1. The number of rotatable bonds is 11. The number of hydrogen-bond donors (Lipinski definition) is 1. The van der Waals surface area contributed by atoms with E-state index >= 15 is 0 Å². The summed E-state index contributed by atoms with van der Waals surface area (Å²) in [7, 11) is 0. The molecule has 25 heavy (non-hydrogen) atoms. The Hall–Kier alpha value is -1.80. The topological polar surface area (TPSA) is 25.2 Å². The molecule has 0 bridgehead atoms.